The van der Waals surface area contributed by atoms with E-state index in [9.17, 15) is 14.7 Å². The molecular formula is C44H87N5O4. The molecule has 53 heavy (non-hydrogen) atoms. The lowest BCUT2D eigenvalue weighted by Gasteiger charge is -2.62. The predicted molar refractivity (Wildman–Crippen MR) is 222 cm³/mol. The highest BCUT2D eigenvalue weighted by atomic mass is 16.5. The number of aliphatic hydroxyl groups is 1. The molecule has 4 saturated carbocycles. The van der Waals surface area contributed by atoms with Gasteiger partial charge in [-0.1, -0.05) is 68.2 Å². The van der Waals surface area contributed by atoms with Gasteiger partial charge in [0.1, 0.15) is 12.3 Å². The van der Waals surface area contributed by atoms with E-state index in [1.807, 2.05) is 20.8 Å². The number of aldehydes is 1. The molecule has 0 aromatic carbocycles. The third-order valence-electron chi connectivity index (χ3n) is 14.2. The monoisotopic (exact) mass is 750 g/mol. The van der Waals surface area contributed by atoms with Gasteiger partial charge >= 0.3 is 5.97 Å². The van der Waals surface area contributed by atoms with Crippen molar-refractivity contribution in [3.63, 3.8) is 0 Å². The average Bonchev–Trinajstić information content (AvgIpc) is 3.50. The minimum Gasteiger partial charge on any atom is -0.468 e. The molecule has 4 aliphatic carbocycles. The van der Waals surface area contributed by atoms with Gasteiger partial charge in [0.15, 0.2) is 0 Å². The summed E-state index contributed by atoms with van der Waals surface area (Å²) in [6.07, 6.45) is 19.2. The van der Waals surface area contributed by atoms with Crippen molar-refractivity contribution in [2.45, 2.75) is 163 Å². The van der Waals surface area contributed by atoms with E-state index in [0.717, 1.165) is 80.9 Å². The highest BCUT2D eigenvalue weighted by Gasteiger charge is 2.63. The smallest absolute Gasteiger partial charge is 0.323 e. The molecule has 0 aromatic heterocycles. The molecule has 4 aliphatic rings. The number of aliphatic hydroxyl groups excluding tert-OH is 1. The molecular weight excluding hydrogens is 663 g/mol. The molecule has 0 radical (unpaired) electrons. The van der Waals surface area contributed by atoms with Crippen LogP contribution in [0, 0.1) is 52.3 Å². The quantitative estimate of drug-likeness (QED) is 0.0456. The summed E-state index contributed by atoms with van der Waals surface area (Å²) >= 11 is 0. The minimum absolute atomic E-state index is 0.0893. The second-order valence-corrected chi connectivity index (χ2v) is 17.9. The highest BCUT2D eigenvalue weighted by molar-refractivity contribution is 5.76. The number of carbonyl (C=O) groups is 2. The first-order chi connectivity index (χ1) is 25.4. The molecule has 9 heteroatoms. The van der Waals surface area contributed by atoms with Crippen LogP contribution in [-0.2, 0) is 14.3 Å². The summed E-state index contributed by atoms with van der Waals surface area (Å²) in [5.41, 5.74) is 5.46. The molecule has 6 unspecified atom stereocenters. The van der Waals surface area contributed by atoms with Gasteiger partial charge in [0.25, 0.3) is 0 Å². The van der Waals surface area contributed by atoms with E-state index in [2.05, 4.69) is 60.6 Å². The molecule has 0 amide bonds. The number of carbonyl (C=O) groups excluding carboxylic acids is 2. The van der Waals surface area contributed by atoms with Gasteiger partial charge in [-0.25, -0.2) is 0 Å². The van der Waals surface area contributed by atoms with E-state index in [-0.39, 0.29) is 36.0 Å². The number of rotatable bonds is 20. The first kappa shape index (κ1) is 48.0. The van der Waals surface area contributed by atoms with Crippen molar-refractivity contribution in [3.8, 4) is 0 Å². The number of fused-ring (bicyclic) bond motifs is 5. The standard InChI is InChI=1S/C34H65N3O.C8H15NO3.C2H7N/c1-6-12-25(3)29-15-16-30-28-14-13-26-23-27(37-22-11-10-21-36-20-9-8-19-35-7-2)17-18-33(26,4)31(28)24-32(38)34(29,30)5;1-6(2)7(8(11)12-3)9-4-5-10;1-2-3/h25-32,35-38H,6-24H2,1-5H3;5-7,9H,4H2,1-3H3;2-3H2,1H3/t25?,26-,27+,28?,29?,30?,31?,32+,33+,34-;;/m1../s1. The maximum absolute atomic E-state index is 11.8. The summed E-state index contributed by atoms with van der Waals surface area (Å²) in [6.45, 7) is 24.5. The zero-order valence-electron chi connectivity index (χ0n) is 35.9. The van der Waals surface area contributed by atoms with Crippen LogP contribution in [0.25, 0.3) is 0 Å². The van der Waals surface area contributed by atoms with Crippen LogP contribution < -0.4 is 27.0 Å². The number of unbranched alkanes of at least 4 members (excludes halogenated alkanes) is 2. The Morgan fingerprint density at radius 3 is 2.13 bits per heavy atom. The summed E-state index contributed by atoms with van der Waals surface area (Å²) in [4.78, 5) is 21.1. The van der Waals surface area contributed by atoms with Gasteiger partial charge in [-0.2, -0.15) is 0 Å². The zero-order chi connectivity index (χ0) is 39.4. The first-order valence-electron chi connectivity index (χ1n) is 22.2. The number of esters is 1. The minimum atomic E-state index is -0.389. The lowest BCUT2D eigenvalue weighted by molar-refractivity contribution is -0.169. The van der Waals surface area contributed by atoms with Gasteiger partial charge in [-0.3, -0.25) is 10.1 Å². The third kappa shape index (κ3) is 13.5. The molecule has 4 rings (SSSR count). The zero-order valence-corrected chi connectivity index (χ0v) is 35.9. The van der Waals surface area contributed by atoms with Crippen LogP contribution in [0.4, 0.5) is 0 Å². The van der Waals surface area contributed by atoms with Gasteiger partial charge in [-0.15, -0.1) is 0 Å². The highest BCUT2D eigenvalue weighted by Crippen LogP contribution is 2.68. The molecule has 7 N–H and O–H groups in total. The summed E-state index contributed by atoms with van der Waals surface area (Å²) < 4.78 is 4.55. The Bertz CT molecular complexity index is 1000. The number of hydrogen-bond donors (Lipinski definition) is 6. The van der Waals surface area contributed by atoms with Gasteiger partial charge < -0.3 is 36.3 Å². The number of methoxy groups -OCH3 is 1. The van der Waals surface area contributed by atoms with Gasteiger partial charge in [0.2, 0.25) is 0 Å². The van der Waals surface area contributed by atoms with Crippen molar-refractivity contribution in [3.05, 3.63) is 0 Å². The van der Waals surface area contributed by atoms with Crippen LogP contribution in [-0.4, -0.2) is 88.5 Å². The Labute approximate surface area is 326 Å². The molecule has 9 nitrogen and oxygen atoms in total. The van der Waals surface area contributed by atoms with Crippen molar-refractivity contribution >= 4 is 12.3 Å². The fourth-order valence-electron chi connectivity index (χ4n) is 11.4. The van der Waals surface area contributed by atoms with Crippen molar-refractivity contribution in [2.24, 2.45) is 58.0 Å². The number of nitrogens with one attached hydrogen (secondary N) is 4. The largest absolute Gasteiger partial charge is 0.468 e. The second-order valence-electron chi connectivity index (χ2n) is 17.9. The fraction of sp³-hybridized carbons (Fsp3) is 0.955. The van der Waals surface area contributed by atoms with Gasteiger partial charge in [0, 0.05) is 6.04 Å². The summed E-state index contributed by atoms with van der Waals surface area (Å²) in [5, 5.41) is 25.5. The molecule has 0 aromatic rings. The molecule has 4 fully saturated rings. The summed E-state index contributed by atoms with van der Waals surface area (Å²) in [6, 6.07) is 0.327. The molecule has 312 valence electrons. The molecule has 0 aliphatic heterocycles. The van der Waals surface area contributed by atoms with E-state index in [1.165, 1.54) is 97.1 Å². The second kappa shape index (κ2) is 25.2. The normalized spacial score (nSPS) is 32.9. The lowest BCUT2D eigenvalue weighted by Crippen LogP contribution is -2.59. The van der Waals surface area contributed by atoms with Crippen LogP contribution in [0.2, 0.25) is 0 Å². The predicted octanol–water partition coefficient (Wildman–Crippen LogP) is 6.71. The third-order valence-corrected chi connectivity index (χ3v) is 14.2. The van der Waals surface area contributed by atoms with Crippen LogP contribution >= 0.6 is 0 Å². The maximum Gasteiger partial charge on any atom is 0.323 e. The average molecular weight is 750 g/mol. The lowest BCUT2D eigenvalue weighted by atomic mass is 9.43. The molecule has 0 bridgehead atoms. The van der Waals surface area contributed by atoms with Crippen molar-refractivity contribution in [1.82, 2.24) is 21.3 Å². The molecule has 0 spiro atoms. The molecule has 0 heterocycles. The van der Waals surface area contributed by atoms with E-state index in [0.29, 0.717) is 11.5 Å². The number of nitrogens with two attached hydrogens (primary N) is 1. The van der Waals surface area contributed by atoms with Crippen molar-refractivity contribution in [2.75, 3.05) is 52.9 Å². The Morgan fingerprint density at radius 1 is 0.906 bits per heavy atom. The SMILES string of the molecule is CCCC(C)C1CCC2C3CC[C@@H]4C[C@@H](NCCCCNCCCCNCC)CC[C@]4(C)C3C[C@H](O)[C@]12C.CCN.COC(=O)C(NCC=O)C(C)C. The Kier molecular flexibility index (Phi) is 22.9. The van der Waals surface area contributed by atoms with Crippen molar-refractivity contribution < 1.29 is 19.4 Å². The van der Waals surface area contributed by atoms with Crippen LogP contribution in [0.5, 0.6) is 0 Å². The van der Waals surface area contributed by atoms with Crippen LogP contribution in [0.15, 0.2) is 0 Å². The maximum atomic E-state index is 11.8. The van der Waals surface area contributed by atoms with Crippen LogP contribution in [0.1, 0.15) is 145 Å². The van der Waals surface area contributed by atoms with Crippen molar-refractivity contribution in [1.29, 1.82) is 0 Å². The van der Waals surface area contributed by atoms with E-state index >= 15 is 0 Å². The van der Waals surface area contributed by atoms with Gasteiger partial charge in [-0.05, 0) is 169 Å². The first-order valence-corrected chi connectivity index (χ1v) is 22.2. The number of hydrogen-bond acceptors (Lipinski definition) is 9. The van der Waals surface area contributed by atoms with E-state index in [1.54, 1.807) is 0 Å². The fourth-order valence-corrected chi connectivity index (χ4v) is 11.4. The Morgan fingerprint density at radius 2 is 1.55 bits per heavy atom. The van der Waals surface area contributed by atoms with Crippen LogP contribution in [0.3, 0.4) is 0 Å². The number of ether oxygens (including phenoxy) is 1. The van der Waals surface area contributed by atoms with Gasteiger partial charge in [0.05, 0.1) is 19.8 Å². The molecule has 11 atom stereocenters. The Hall–Kier alpha value is -1.10. The Balaban J connectivity index is 0.000000547. The summed E-state index contributed by atoms with van der Waals surface area (Å²) in [5.74, 6) is 4.51. The topological polar surface area (TPSA) is 138 Å². The summed E-state index contributed by atoms with van der Waals surface area (Å²) in [7, 11) is 1.33. The van der Waals surface area contributed by atoms with E-state index < -0.39 is 0 Å². The van der Waals surface area contributed by atoms with E-state index in [4.69, 9.17) is 5.73 Å². The molecule has 0 saturated heterocycles.